The summed E-state index contributed by atoms with van der Waals surface area (Å²) in [5, 5.41) is 0. The number of benzene rings is 1. The summed E-state index contributed by atoms with van der Waals surface area (Å²) in [6, 6.07) is 9.51. The van der Waals surface area contributed by atoms with E-state index in [0.29, 0.717) is 5.76 Å². The van der Waals surface area contributed by atoms with Crippen LogP contribution in [0.2, 0.25) is 0 Å². The van der Waals surface area contributed by atoms with E-state index < -0.39 is 0 Å². The quantitative estimate of drug-likeness (QED) is 0.777. The van der Waals surface area contributed by atoms with Crippen molar-refractivity contribution in [2.45, 2.75) is 0 Å². The summed E-state index contributed by atoms with van der Waals surface area (Å²) in [6.45, 7) is 3.11. The van der Waals surface area contributed by atoms with Gasteiger partial charge in [0.05, 0.1) is 36.7 Å². The Kier molecular flexibility index (Phi) is 4.80. The van der Waals surface area contributed by atoms with Crippen molar-refractivity contribution in [3.63, 3.8) is 0 Å². The number of methoxy groups -OCH3 is 1. The molecule has 6 heteroatoms. The molecule has 1 aliphatic heterocycles. The van der Waals surface area contributed by atoms with Gasteiger partial charge in [-0.05, 0) is 28.1 Å². The molecule has 116 valence electrons. The fourth-order valence-electron chi connectivity index (χ4n) is 2.25. The van der Waals surface area contributed by atoms with Crippen molar-refractivity contribution in [2.24, 2.45) is 4.99 Å². The predicted octanol–water partition coefficient (Wildman–Crippen LogP) is 3.64. The number of hydrogen-bond acceptors (Lipinski definition) is 5. The molecule has 2 heterocycles. The number of halogens is 1. The van der Waals surface area contributed by atoms with Crippen LogP contribution in [0.1, 0.15) is 5.76 Å². The van der Waals surface area contributed by atoms with E-state index >= 15 is 0 Å². The van der Waals surface area contributed by atoms with Crippen LogP contribution < -0.4 is 9.64 Å². The SMILES string of the molecule is COc1cccc(N=Cc2cc(Br)c(N3CCOCC3)o2)c1. The first-order chi connectivity index (χ1) is 10.8. The Labute approximate surface area is 137 Å². The molecule has 0 bridgehead atoms. The molecule has 0 radical (unpaired) electrons. The summed E-state index contributed by atoms with van der Waals surface area (Å²) in [4.78, 5) is 6.59. The summed E-state index contributed by atoms with van der Waals surface area (Å²) >= 11 is 3.54. The molecule has 3 rings (SSSR count). The molecule has 0 amide bonds. The van der Waals surface area contributed by atoms with E-state index in [9.17, 15) is 0 Å². The summed E-state index contributed by atoms with van der Waals surface area (Å²) in [7, 11) is 1.64. The lowest BCUT2D eigenvalue weighted by Crippen LogP contribution is -2.36. The summed E-state index contributed by atoms with van der Waals surface area (Å²) in [5.74, 6) is 2.32. The maximum atomic E-state index is 5.88. The van der Waals surface area contributed by atoms with E-state index in [1.165, 1.54) is 0 Å². The first-order valence-corrected chi connectivity index (χ1v) is 7.86. The molecule has 22 heavy (non-hydrogen) atoms. The normalized spacial score (nSPS) is 15.5. The Balaban J connectivity index is 1.76. The standard InChI is InChI=1S/C16H17BrN2O3/c1-20-13-4-2-3-12(9-13)18-11-14-10-15(17)16(22-14)19-5-7-21-8-6-19/h2-4,9-11H,5-8H2,1H3. The number of aliphatic imine (C=N–C) groups is 1. The zero-order chi connectivity index (χ0) is 15.4. The van der Waals surface area contributed by atoms with E-state index in [-0.39, 0.29) is 0 Å². The van der Waals surface area contributed by atoms with Crippen molar-refractivity contribution in [1.82, 2.24) is 0 Å². The Bertz CT molecular complexity index is 663. The summed E-state index contributed by atoms with van der Waals surface area (Å²) in [5.41, 5.74) is 0.819. The molecule has 1 fully saturated rings. The molecule has 1 aromatic heterocycles. The van der Waals surface area contributed by atoms with E-state index in [1.807, 2.05) is 30.3 Å². The van der Waals surface area contributed by atoms with Crippen molar-refractivity contribution in [2.75, 3.05) is 38.3 Å². The van der Waals surface area contributed by atoms with E-state index in [2.05, 4.69) is 25.8 Å². The third-order valence-corrected chi connectivity index (χ3v) is 3.95. The van der Waals surface area contributed by atoms with Crippen molar-refractivity contribution in [3.05, 3.63) is 40.6 Å². The molecule has 0 saturated carbocycles. The van der Waals surface area contributed by atoms with Gasteiger partial charge in [-0.15, -0.1) is 0 Å². The van der Waals surface area contributed by atoms with Gasteiger partial charge in [-0.25, -0.2) is 0 Å². The number of furan rings is 1. The smallest absolute Gasteiger partial charge is 0.210 e. The van der Waals surface area contributed by atoms with Gasteiger partial charge in [0.1, 0.15) is 11.5 Å². The zero-order valence-corrected chi connectivity index (χ0v) is 13.9. The topological polar surface area (TPSA) is 47.2 Å². The zero-order valence-electron chi connectivity index (χ0n) is 12.3. The number of nitrogens with zero attached hydrogens (tertiary/aromatic N) is 2. The second-order valence-corrected chi connectivity index (χ2v) is 5.72. The Morgan fingerprint density at radius 2 is 2.09 bits per heavy atom. The van der Waals surface area contributed by atoms with Gasteiger partial charge in [0, 0.05) is 25.2 Å². The molecule has 1 aromatic carbocycles. The van der Waals surface area contributed by atoms with Crippen LogP contribution in [0, 0.1) is 0 Å². The average Bonchev–Trinajstić information content (AvgIpc) is 2.95. The molecule has 1 aliphatic rings. The second-order valence-electron chi connectivity index (χ2n) is 4.86. The lowest BCUT2D eigenvalue weighted by molar-refractivity contribution is 0.120. The minimum Gasteiger partial charge on any atom is -0.497 e. The molecule has 1 saturated heterocycles. The van der Waals surface area contributed by atoms with Crippen LogP contribution in [0.25, 0.3) is 0 Å². The van der Waals surface area contributed by atoms with Crippen molar-refractivity contribution in [1.29, 1.82) is 0 Å². The van der Waals surface area contributed by atoms with Gasteiger partial charge in [0.2, 0.25) is 5.88 Å². The number of hydrogen-bond donors (Lipinski definition) is 0. The Morgan fingerprint density at radius 1 is 1.27 bits per heavy atom. The second kappa shape index (κ2) is 6.98. The van der Waals surface area contributed by atoms with Crippen LogP contribution in [0.4, 0.5) is 11.6 Å². The Hall–Kier alpha value is -1.79. The minimum atomic E-state index is 0.705. The lowest BCUT2D eigenvalue weighted by Gasteiger charge is -2.26. The van der Waals surface area contributed by atoms with Crippen LogP contribution in [-0.4, -0.2) is 39.6 Å². The van der Waals surface area contributed by atoms with E-state index in [1.54, 1.807) is 13.3 Å². The highest BCUT2D eigenvalue weighted by molar-refractivity contribution is 9.10. The third kappa shape index (κ3) is 3.51. The molecule has 0 spiro atoms. The van der Waals surface area contributed by atoms with Gasteiger partial charge >= 0.3 is 0 Å². The molecule has 5 nitrogen and oxygen atoms in total. The molecule has 2 aromatic rings. The average molecular weight is 365 g/mol. The van der Waals surface area contributed by atoms with Gasteiger partial charge < -0.3 is 18.8 Å². The van der Waals surface area contributed by atoms with Gasteiger partial charge in [-0.2, -0.15) is 0 Å². The number of morpholine rings is 1. The highest BCUT2D eigenvalue weighted by Gasteiger charge is 2.18. The molecule has 0 aliphatic carbocycles. The Morgan fingerprint density at radius 3 is 2.86 bits per heavy atom. The number of ether oxygens (including phenoxy) is 2. The highest BCUT2D eigenvalue weighted by Crippen LogP contribution is 2.30. The first-order valence-electron chi connectivity index (χ1n) is 7.06. The van der Waals surface area contributed by atoms with Crippen molar-refractivity contribution in [3.8, 4) is 5.75 Å². The maximum Gasteiger partial charge on any atom is 0.210 e. The number of rotatable bonds is 4. The monoisotopic (exact) mass is 364 g/mol. The van der Waals surface area contributed by atoms with Crippen LogP contribution in [0.3, 0.4) is 0 Å². The van der Waals surface area contributed by atoms with Crippen LogP contribution >= 0.6 is 15.9 Å². The molecule has 0 atom stereocenters. The maximum absolute atomic E-state index is 5.88. The molecule has 0 N–H and O–H groups in total. The predicted molar refractivity (Wildman–Crippen MR) is 89.7 cm³/mol. The van der Waals surface area contributed by atoms with Crippen LogP contribution in [0.15, 0.2) is 44.2 Å². The third-order valence-electron chi connectivity index (χ3n) is 3.38. The highest BCUT2D eigenvalue weighted by atomic mass is 79.9. The largest absolute Gasteiger partial charge is 0.497 e. The number of anilines is 1. The van der Waals surface area contributed by atoms with Crippen molar-refractivity contribution >= 4 is 33.7 Å². The fraction of sp³-hybridized carbons (Fsp3) is 0.312. The van der Waals surface area contributed by atoms with Crippen LogP contribution in [0.5, 0.6) is 5.75 Å². The van der Waals surface area contributed by atoms with Gasteiger partial charge in [-0.3, -0.25) is 4.99 Å². The first kappa shape index (κ1) is 15.1. The van der Waals surface area contributed by atoms with Gasteiger partial charge in [-0.1, -0.05) is 6.07 Å². The molecule has 0 unspecified atom stereocenters. The van der Waals surface area contributed by atoms with E-state index in [0.717, 1.165) is 48.1 Å². The summed E-state index contributed by atoms with van der Waals surface area (Å²) < 4.78 is 17.4. The molecular weight excluding hydrogens is 348 g/mol. The van der Waals surface area contributed by atoms with E-state index in [4.69, 9.17) is 13.9 Å². The van der Waals surface area contributed by atoms with Crippen molar-refractivity contribution < 1.29 is 13.9 Å². The minimum absolute atomic E-state index is 0.705. The lowest BCUT2D eigenvalue weighted by atomic mass is 10.3. The molecular formula is C16H17BrN2O3. The van der Waals surface area contributed by atoms with Gasteiger partial charge in [0.15, 0.2) is 0 Å². The summed E-state index contributed by atoms with van der Waals surface area (Å²) in [6.07, 6.45) is 1.71. The van der Waals surface area contributed by atoms with Gasteiger partial charge in [0.25, 0.3) is 0 Å². The fourth-order valence-corrected chi connectivity index (χ4v) is 2.81. The van der Waals surface area contributed by atoms with Crippen LogP contribution in [-0.2, 0) is 4.74 Å².